The van der Waals surface area contributed by atoms with E-state index in [0.29, 0.717) is 0 Å². The van der Waals surface area contributed by atoms with Gasteiger partial charge in [-0.05, 0) is 50.3 Å². The van der Waals surface area contributed by atoms with Crippen LogP contribution in [0.3, 0.4) is 0 Å². The fraction of sp³-hybridized carbons (Fsp3) is 0.706. The molecule has 0 radical (unpaired) electrons. The van der Waals surface area contributed by atoms with Crippen molar-refractivity contribution in [2.75, 3.05) is 18.0 Å². The molecule has 3 heteroatoms. The lowest BCUT2D eigenvalue weighted by Gasteiger charge is -2.25. The second-order valence-corrected chi connectivity index (χ2v) is 6.30. The first-order valence-electron chi connectivity index (χ1n) is 8.05. The van der Waals surface area contributed by atoms with Crippen LogP contribution in [0.25, 0.3) is 0 Å². The van der Waals surface area contributed by atoms with E-state index in [1.54, 1.807) is 0 Å². The number of aryl methyl sites for hydroxylation is 1. The van der Waals surface area contributed by atoms with Crippen molar-refractivity contribution in [2.45, 2.75) is 59.5 Å². The molecule has 1 fully saturated rings. The van der Waals surface area contributed by atoms with E-state index >= 15 is 0 Å². The quantitative estimate of drug-likeness (QED) is 0.787. The monoisotopic (exact) mass is 275 g/mol. The van der Waals surface area contributed by atoms with E-state index in [-0.39, 0.29) is 0 Å². The lowest BCUT2D eigenvalue weighted by molar-refractivity contribution is 0.568. The van der Waals surface area contributed by atoms with Gasteiger partial charge in [-0.1, -0.05) is 26.8 Å². The third kappa shape index (κ3) is 4.20. The van der Waals surface area contributed by atoms with E-state index in [0.717, 1.165) is 31.6 Å². The zero-order chi connectivity index (χ0) is 14.5. The summed E-state index contributed by atoms with van der Waals surface area (Å²) < 4.78 is 0. The van der Waals surface area contributed by atoms with E-state index in [1.165, 1.54) is 36.3 Å². The van der Waals surface area contributed by atoms with Crippen LogP contribution in [0.4, 0.5) is 5.82 Å². The second-order valence-electron chi connectivity index (χ2n) is 6.30. The highest BCUT2D eigenvalue weighted by Crippen LogP contribution is 2.31. The molecular weight excluding hydrogens is 246 g/mol. The van der Waals surface area contributed by atoms with E-state index in [1.807, 2.05) is 0 Å². The molecule has 0 atom stereocenters. The highest BCUT2D eigenvalue weighted by atomic mass is 15.2. The van der Waals surface area contributed by atoms with Crippen molar-refractivity contribution in [3.8, 4) is 0 Å². The molecule has 1 saturated carbocycles. The van der Waals surface area contributed by atoms with Gasteiger partial charge in [-0.15, -0.1) is 0 Å². The molecule has 0 unspecified atom stereocenters. The molecule has 2 rings (SSSR count). The highest BCUT2D eigenvalue weighted by molar-refractivity contribution is 5.44. The minimum Gasteiger partial charge on any atom is -0.354 e. The topological polar surface area (TPSA) is 28.2 Å². The molecule has 1 aromatic heterocycles. The van der Waals surface area contributed by atoms with Crippen molar-refractivity contribution in [1.29, 1.82) is 0 Å². The van der Waals surface area contributed by atoms with Gasteiger partial charge in [-0.2, -0.15) is 0 Å². The Hall–Kier alpha value is -1.09. The fourth-order valence-electron chi connectivity index (χ4n) is 2.45. The number of nitrogens with one attached hydrogen (secondary N) is 1. The largest absolute Gasteiger partial charge is 0.354 e. The summed E-state index contributed by atoms with van der Waals surface area (Å²) in [6.45, 7) is 11.9. The molecule has 0 aromatic carbocycles. The molecule has 1 heterocycles. The molecular formula is C17H29N3. The molecule has 0 spiro atoms. The lowest BCUT2D eigenvalue weighted by atomic mass is 10.1. The van der Waals surface area contributed by atoms with E-state index in [2.05, 4.69) is 50.0 Å². The van der Waals surface area contributed by atoms with Crippen LogP contribution < -0.4 is 10.2 Å². The third-order valence-electron chi connectivity index (χ3n) is 3.98. The smallest absolute Gasteiger partial charge is 0.129 e. The van der Waals surface area contributed by atoms with Crippen LogP contribution in [0.5, 0.6) is 0 Å². The van der Waals surface area contributed by atoms with Crippen LogP contribution in [-0.2, 0) is 6.54 Å². The Bertz CT molecular complexity index is 424. The van der Waals surface area contributed by atoms with Gasteiger partial charge in [-0.3, -0.25) is 0 Å². The van der Waals surface area contributed by atoms with Crippen LogP contribution in [0, 0.1) is 12.8 Å². The number of pyridine rings is 1. The number of hydrogen-bond donors (Lipinski definition) is 1. The Morgan fingerprint density at radius 2 is 2.10 bits per heavy atom. The Morgan fingerprint density at radius 3 is 2.65 bits per heavy atom. The summed E-state index contributed by atoms with van der Waals surface area (Å²) in [4.78, 5) is 7.37. The van der Waals surface area contributed by atoms with Crippen molar-refractivity contribution < 1.29 is 0 Å². The molecule has 1 aromatic rings. The van der Waals surface area contributed by atoms with Crippen molar-refractivity contribution in [3.63, 3.8) is 0 Å². The number of nitrogens with zero attached hydrogens (tertiary/aromatic N) is 2. The Kier molecular flexibility index (Phi) is 5.41. The molecule has 0 aliphatic heterocycles. The first-order chi connectivity index (χ1) is 9.61. The van der Waals surface area contributed by atoms with E-state index in [9.17, 15) is 0 Å². The molecule has 1 N–H and O–H groups in total. The van der Waals surface area contributed by atoms with Gasteiger partial charge in [-0.25, -0.2) is 4.98 Å². The summed E-state index contributed by atoms with van der Waals surface area (Å²) in [7, 11) is 0. The molecule has 112 valence electrons. The maximum absolute atomic E-state index is 4.85. The van der Waals surface area contributed by atoms with Crippen LogP contribution in [0.15, 0.2) is 12.1 Å². The summed E-state index contributed by atoms with van der Waals surface area (Å²) in [6.07, 6.45) is 3.91. The second kappa shape index (κ2) is 7.07. The summed E-state index contributed by atoms with van der Waals surface area (Å²) in [6, 6.07) is 5.18. The van der Waals surface area contributed by atoms with Crippen molar-refractivity contribution in [1.82, 2.24) is 10.3 Å². The fourth-order valence-corrected chi connectivity index (χ4v) is 2.45. The molecule has 0 amide bonds. The van der Waals surface area contributed by atoms with E-state index in [4.69, 9.17) is 4.98 Å². The maximum atomic E-state index is 4.85. The van der Waals surface area contributed by atoms with Gasteiger partial charge in [0.05, 0.1) is 0 Å². The van der Waals surface area contributed by atoms with Crippen LogP contribution >= 0.6 is 0 Å². The molecule has 1 aliphatic carbocycles. The predicted molar refractivity (Wildman–Crippen MR) is 86.2 cm³/mol. The van der Waals surface area contributed by atoms with Crippen molar-refractivity contribution in [3.05, 3.63) is 23.4 Å². The van der Waals surface area contributed by atoms with Crippen molar-refractivity contribution >= 4 is 5.82 Å². The van der Waals surface area contributed by atoms with E-state index < -0.39 is 0 Å². The summed E-state index contributed by atoms with van der Waals surface area (Å²) in [5.74, 6) is 1.93. The van der Waals surface area contributed by atoms with Gasteiger partial charge in [0.1, 0.15) is 5.82 Å². The van der Waals surface area contributed by atoms with Gasteiger partial charge in [0, 0.05) is 24.8 Å². The summed E-state index contributed by atoms with van der Waals surface area (Å²) >= 11 is 0. The molecule has 20 heavy (non-hydrogen) atoms. The molecule has 1 aliphatic rings. The van der Waals surface area contributed by atoms with Gasteiger partial charge in [0.15, 0.2) is 0 Å². The zero-order valence-corrected chi connectivity index (χ0v) is 13.4. The number of hydrogen-bond acceptors (Lipinski definition) is 3. The van der Waals surface area contributed by atoms with Gasteiger partial charge in [0.2, 0.25) is 0 Å². The Labute approximate surface area is 123 Å². The minimum atomic E-state index is 0.736. The summed E-state index contributed by atoms with van der Waals surface area (Å²) in [5, 5.41) is 3.38. The number of aromatic nitrogens is 1. The first-order valence-corrected chi connectivity index (χ1v) is 8.05. The molecule has 3 nitrogen and oxygen atoms in total. The standard InChI is InChI=1S/C17H29N3/c1-5-18-12-15-6-9-17(19-14(15)4)20(16-7-8-16)11-10-13(2)3/h6,9,13,16,18H,5,7-8,10-12H2,1-4H3. The minimum absolute atomic E-state index is 0.736. The van der Waals surface area contributed by atoms with Crippen LogP contribution in [-0.4, -0.2) is 24.1 Å². The van der Waals surface area contributed by atoms with Crippen LogP contribution in [0.1, 0.15) is 51.3 Å². The SMILES string of the molecule is CCNCc1ccc(N(CCC(C)C)C2CC2)nc1C. The number of anilines is 1. The highest BCUT2D eigenvalue weighted by Gasteiger charge is 2.29. The van der Waals surface area contributed by atoms with Crippen LogP contribution in [0.2, 0.25) is 0 Å². The predicted octanol–water partition coefficient (Wildman–Crippen LogP) is 3.51. The van der Waals surface area contributed by atoms with Gasteiger partial charge >= 0.3 is 0 Å². The average Bonchev–Trinajstić information content (AvgIpc) is 3.22. The zero-order valence-electron chi connectivity index (χ0n) is 13.4. The normalized spacial score (nSPS) is 14.8. The average molecular weight is 275 g/mol. The number of rotatable bonds is 8. The third-order valence-corrected chi connectivity index (χ3v) is 3.98. The lowest BCUT2D eigenvalue weighted by Crippen LogP contribution is -2.29. The molecule has 0 bridgehead atoms. The first kappa shape index (κ1) is 15.3. The van der Waals surface area contributed by atoms with Gasteiger partial charge in [0.25, 0.3) is 0 Å². The van der Waals surface area contributed by atoms with Gasteiger partial charge < -0.3 is 10.2 Å². The van der Waals surface area contributed by atoms with Crippen molar-refractivity contribution in [2.24, 2.45) is 5.92 Å². The molecule has 0 saturated heterocycles. The maximum Gasteiger partial charge on any atom is 0.129 e. The summed E-state index contributed by atoms with van der Waals surface area (Å²) in [5.41, 5.74) is 2.48. The Morgan fingerprint density at radius 1 is 1.35 bits per heavy atom. The Balaban J connectivity index is 2.06.